The van der Waals surface area contributed by atoms with Crippen LogP contribution in [0.15, 0.2) is 42.5 Å². The molecule has 278 valence electrons. The Balaban J connectivity index is 2.33. The first kappa shape index (κ1) is 43.0. The molecule has 0 radical (unpaired) electrons. The monoisotopic (exact) mass is 761 g/mol. The minimum Gasteiger partial charge on any atom is -0.462 e. The van der Waals surface area contributed by atoms with Crippen LogP contribution in [0.25, 0.3) is 12.2 Å². The fourth-order valence-electron chi connectivity index (χ4n) is 4.10. The summed E-state index contributed by atoms with van der Waals surface area (Å²) in [5.41, 5.74) is 1.23. The van der Waals surface area contributed by atoms with Gasteiger partial charge in [-0.25, -0.2) is 10.2 Å². The van der Waals surface area contributed by atoms with Gasteiger partial charge in [0.2, 0.25) is 0 Å². The Labute approximate surface area is 294 Å². The van der Waals surface area contributed by atoms with Gasteiger partial charge in [-0.15, -0.1) is 0 Å². The van der Waals surface area contributed by atoms with Gasteiger partial charge in [-0.3, -0.25) is 23.2 Å². The number of ether oxygens (including phenoxy) is 5. The lowest BCUT2D eigenvalue weighted by Crippen LogP contribution is -2.36. The van der Waals surface area contributed by atoms with E-state index in [9.17, 15) is 23.3 Å². The van der Waals surface area contributed by atoms with Crippen molar-refractivity contribution in [2.45, 2.75) is 65.8 Å². The van der Waals surface area contributed by atoms with Crippen molar-refractivity contribution in [1.82, 2.24) is 10.2 Å². The lowest BCUT2D eigenvalue weighted by Gasteiger charge is -2.23. The first-order valence-electron chi connectivity index (χ1n) is 15.6. The van der Waals surface area contributed by atoms with Crippen LogP contribution >= 0.6 is 23.1 Å². The molecule has 0 amide bonds. The van der Waals surface area contributed by atoms with Crippen molar-refractivity contribution in [2.75, 3.05) is 40.4 Å². The Bertz CT molecular complexity index is 1550. The van der Waals surface area contributed by atoms with E-state index in [0.717, 1.165) is 0 Å². The SMILES string of the molecule is COC[P+](=O)Oc1cc(/C=C/c2ccc(OP(=O)(COC)N[C@@H](C)C(=O)OC(C)C)cc2)cc(OP(=O)(COC)N[C@@H](C)C(=O)OC(C)C)c1. The molecule has 3 unspecified atom stereocenters. The zero-order valence-corrected chi connectivity index (χ0v) is 32.5. The van der Waals surface area contributed by atoms with Gasteiger partial charge < -0.3 is 32.7 Å². The highest BCUT2D eigenvalue weighted by molar-refractivity contribution is 7.57. The minimum absolute atomic E-state index is 0.0805. The van der Waals surface area contributed by atoms with Gasteiger partial charge in [-0.05, 0) is 81.5 Å². The topological polar surface area (TPSA) is 183 Å². The minimum atomic E-state index is -3.83. The molecule has 15 nitrogen and oxygen atoms in total. The second-order valence-corrected chi connectivity index (χ2v) is 16.7. The maximum atomic E-state index is 13.7. The number of nitrogens with one attached hydrogen (secondary N) is 2. The highest BCUT2D eigenvalue weighted by Gasteiger charge is 2.32. The zero-order valence-electron chi connectivity index (χ0n) is 29.8. The lowest BCUT2D eigenvalue weighted by molar-refractivity contribution is -0.149. The van der Waals surface area contributed by atoms with Crippen LogP contribution < -0.4 is 23.7 Å². The Hall–Kier alpha value is -3.12. The van der Waals surface area contributed by atoms with Crippen LogP contribution in [0.1, 0.15) is 52.7 Å². The van der Waals surface area contributed by atoms with Crippen LogP contribution in [0, 0.1) is 0 Å². The summed E-state index contributed by atoms with van der Waals surface area (Å²) >= 11 is 0. The van der Waals surface area contributed by atoms with Crippen LogP contribution in [-0.4, -0.2) is 76.6 Å². The molecule has 50 heavy (non-hydrogen) atoms. The average Bonchev–Trinajstić information content (AvgIpc) is 3.00. The molecule has 0 aliphatic heterocycles. The number of esters is 2. The van der Waals surface area contributed by atoms with E-state index in [-0.39, 0.29) is 48.5 Å². The highest BCUT2D eigenvalue weighted by Crippen LogP contribution is 2.46. The summed E-state index contributed by atoms with van der Waals surface area (Å²) in [5, 5.41) is 5.39. The maximum Gasteiger partial charge on any atom is 0.585 e. The number of benzene rings is 2. The van der Waals surface area contributed by atoms with Gasteiger partial charge >= 0.3 is 35.0 Å². The van der Waals surface area contributed by atoms with Gasteiger partial charge in [-0.1, -0.05) is 24.3 Å². The second kappa shape index (κ2) is 20.7. The van der Waals surface area contributed by atoms with E-state index in [4.69, 9.17) is 37.3 Å². The molecule has 0 spiro atoms. The fraction of sp³-hybridized carbons (Fsp3) is 0.500. The number of carbonyl (C=O) groups is 2. The molecule has 0 aromatic heterocycles. The molecule has 18 heteroatoms. The number of rotatable bonds is 22. The molecule has 2 N–H and O–H groups in total. The predicted octanol–water partition coefficient (Wildman–Crippen LogP) is 6.79. The highest BCUT2D eigenvalue weighted by atomic mass is 31.2. The average molecular weight is 762 g/mol. The molecular formula is C32H48N2O13P3+. The molecule has 2 aromatic carbocycles. The van der Waals surface area contributed by atoms with Gasteiger partial charge in [0.1, 0.15) is 36.3 Å². The summed E-state index contributed by atoms with van der Waals surface area (Å²) in [6.07, 6.45) is 1.91. The second-order valence-electron chi connectivity index (χ2n) is 11.5. The third-order valence-electron chi connectivity index (χ3n) is 5.99. The number of carbonyl (C=O) groups excluding carboxylic acids is 2. The van der Waals surface area contributed by atoms with Gasteiger partial charge in [0.15, 0.2) is 5.75 Å². The number of hydrogen-bond donors (Lipinski definition) is 2. The van der Waals surface area contributed by atoms with E-state index in [1.807, 2.05) is 0 Å². The van der Waals surface area contributed by atoms with Gasteiger partial charge in [0.05, 0.1) is 12.2 Å². The molecule has 5 atom stereocenters. The van der Waals surface area contributed by atoms with E-state index in [0.29, 0.717) is 11.1 Å². The predicted molar refractivity (Wildman–Crippen MR) is 190 cm³/mol. The molecule has 0 fully saturated rings. The molecule has 2 rings (SSSR count). The molecular weight excluding hydrogens is 713 g/mol. The van der Waals surface area contributed by atoms with Gasteiger partial charge in [0, 0.05) is 27.4 Å². The molecule has 0 aliphatic rings. The van der Waals surface area contributed by atoms with Crippen LogP contribution in [0.4, 0.5) is 0 Å². The summed E-state index contributed by atoms with van der Waals surface area (Å²) < 4.78 is 82.2. The molecule has 2 aromatic rings. The normalized spacial score (nSPS) is 15.5. The van der Waals surface area contributed by atoms with Crippen LogP contribution in [0.2, 0.25) is 0 Å². The Morgan fingerprint density at radius 1 is 0.680 bits per heavy atom. The van der Waals surface area contributed by atoms with E-state index in [2.05, 4.69) is 10.2 Å². The lowest BCUT2D eigenvalue weighted by atomic mass is 10.1. The largest absolute Gasteiger partial charge is 0.585 e. The summed E-state index contributed by atoms with van der Waals surface area (Å²) in [4.78, 5) is 24.6. The Kier molecular flexibility index (Phi) is 17.8. The van der Waals surface area contributed by atoms with E-state index < -0.39 is 47.1 Å². The van der Waals surface area contributed by atoms with Crippen molar-refractivity contribution in [3.63, 3.8) is 0 Å². The standard InChI is InChI=1S/C32H48N2O13P3/c1-22(2)43-31(35)24(5)33-49(38,20-41-8)46-28-14-12-26(13-15-28)10-11-27-16-29(45-48(37)19-40-7)18-30(17-27)47-50(39,21-42-9)34-25(6)32(36)44-23(3)4/h10-18,22-25H,19-21H2,1-9H3,(H,33,38)(H,34,39)/q+1/b11-10+/t24-,25-,49?,50?/m0/s1. The number of methoxy groups -OCH3 is 3. The smallest absolute Gasteiger partial charge is 0.462 e. The number of hydrogen-bond acceptors (Lipinski definition) is 13. The molecule has 0 saturated heterocycles. The summed E-state index contributed by atoms with van der Waals surface area (Å²) in [6.45, 7) is 9.84. The van der Waals surface area contributed by atoms with E-state index in [1.54, 1.807) is 76.2 Å². The molecule has 0 heterocycles. The van der Waals surface area contributed by atoms with Crippen molar-refractivity contribution in [1.29, 1.82) is 0 Å². The van der Waals surface area contributed by atoms with Crippen molar-refractivity contribution >= 4 is 47.2 Å². The van der Waals surface area contributed by atoms with E-state index in [1.165, 1.54) is 41.2 Å². The summed E-state index contributed by atoms with van der Waals surface area (Å²) in [5.74, 6) is -0.703. The maximum absolute atomic E-state index is 13.7. The van der Waals surface area contributed by atoms with Crippen molar-refractivity contribution < 1.29 is 60.5 Å². The zero-order chi connectivity index (χ0) is 37.5. The van der Waals surface area contributed by atoms with E-state index >= 15 is 0 Å². The third kappa shape index (κ3) is 15.4. The first-order chi connectivity index (χ1) is 23.5. The van der Waals surface area contributed by atoms with Crippen molar-refractivity contribution in [2.24, 2.45) is 0 Å². The van der Waals surface area contributed by atoms with Crippen molar-refractivity contribution in [3.05, 3.63) is 53.6 Å². The first-order valence-corrected chi connectivity index (χ1v) is 20.5. The fourth-order valence-corrected chi connectivity index (χ4v) is 8.04. The van der Waals surface area contributed by atoms with Crippen LogP contribution in [0.3, 0.4) is 0 Å². The summed E-state index contributed by atoms with van der Waals surface area (Å²) in [7, 11) is -5.64. The molecule has 0 saturated carbocycles. The molecule has 0 aliphatic carbocycles. The van der Waals surface area contributed by atoms with Gasteiger partial charge in [0.25, 0.3) is 6.35 Å². The molecule has 0 bridgehead atoms. The Morgan fingerprint density at radius 3 is 1.60 bits per heavy atom. The third-order valence-corrected chi connectivity index (χ3v) is 10.6. The summed E-state index contributed by atoms with van der Waals surface area (Å²) in [6, 6.07) is 9.30. The van der Waals surface area contributed by atoms with Gasteiger partial charge in [-0.2, -0.15) is 0 Å². The quantitative estimate of drug-likeness (QED) is 0.0726. The Morgan fingerprint density at radius 2 is 1.14 bits per heavy atom. The van der Waals surface area contributed by atoms with Crippen LogP contribution in [0.5, 0.6) is 17.2 Å². The van der Waals surface area contributed by atoms with Crippen LogP contribution in [-0.2, 0) is 47.0 Å². The van der Waals surface area contributed by atoms with Crippen molar-refractivity contribution in [3.8, 4) is 17.2 Å².